The molecular weight excluding hydrogens is 370 g/mol. The number of sulfonamides is 1. The number of hydrogen-bond acceptors (Lipinski definition) is 5. The highest BCUT2D eigenvalue weighted by atomic mass is 32.2. The summed E-state index contributed by atoms with van der Waals surface area (Å²) >= 11 is 1.59. The van der Waals surface area contributed by atoms with E-state index in [2.05, 4.69) is 10.0 Å². The molecule has 0 radical (unpaired) electrons. The highest BCUT2D eigenvalue weighted by Gasteiger charge is 2.21. The first-order valence-electron chi connectivity index (χ1n) is 8.33. The van der Waals surface area contributed by atoms with E-state index in [1.165, 1.54) is 6.07 Å². The smallest absolute Gasteiger partial charge is 0.240 e. The molecule has 1 aromatic heterocycles. The van der Waals surface area contributed by atoms with Crippen molar-refractivity contribution in [3.8, 4) is 0 Å². The lowest BCUT2D eigenvalue weighted by Gasteiger charge is -2.24. The van der Waals surface area contributed by atoms with Crippen LogP contribution in [0.3, 0.4) is 0 Å². The number of hydrogen-bond donors (Lipinski definition) is 2. The summed E-state index contributed by atoms with van der Waals surface area (Å²) in [7, 11) is 0.200. The summed E-state index contributed by atoms with van der Waals surface area (Å²) in [5, 5.41) is 6.74. The minimum Gasteiger partial charge on any atom is -0.326 e. The van der Waals surface area contributed by atoms with Crippen LogP contribution in [0.25, 0.3) is 0 Å². The van der Waals surface area contributed by atoms with Crippen molar-refractivity contribution in [3.63, 3.8) is 0 Å². The molecule has 8 heteroatoms. The number of anilines is 1. The number of benzene rings is 1. The quantitative estimate of drug-likeness (QED) is 0.720. The first kappa shape index (κ1) is 20.6. The number of amides is 1. The zero-order valence-electron chi connectivity index (χ0n) is 15.4. The van der Waals surface area contributed by atoms with Crippen molar-refractivity contribution in [1.29, 1.82) is 0 Å². The van der Waals surface area contributed by atoms with E-state index in [9.17, 15) is 13.2 Å². The maximum Gasteiger partial charge on any atom is 0.240 e. The first-order chi connectivity index (χ1) is 12.2. The van der Waals surface area contributed by atoms with Gasteiger partial charge in [-0.2, -0.15) is 11.3 Å². The van der Waals surface area contributed by atoms with Crippen LogP contribution in [0.1, 0.15) is 30.5 Å². The standard InChI is InChI=1S/C18H25N3O3S2/c1-5-18(22)20-15-6-7-17(13(2)10-15)26(23,24)19-11-16(21(3)4)14-8-9-25-12-14/h6-10,12,16,19H,5,11H2,1-4H3,(H,20,22). The van der Waals surface area contributed by atoms with Crippen molar-refractivity contribution in [1.82, 2.24) is 9.62 Å². The van der Waals surface area contributed by atoms with Crippen LogP contribution in [0.15, 0.2) is 39.9 Å². The first-order valence-corrected chi connectivity index (χ1v) is 10.8. The summed E-state index contributed by atoms with van der Waals surface area (Å²) in [6.45, 7) is 3.76. The maximum atomic E-state index is 12.7. The Morgan fingerprint density at radius 3 is 2.54 bits per heavy atom. The predicted octanol–water partition coefficient (Wildman–Crippen LogP) is 2.99. The molecule has 6 nitrogen and oxygen atoms in total. The summed E-state index contributed by atoms with van der Waals surface area (Å²) in [4.78, 5) is 13.7. The molecule has 1 heterocycles. The van der Waals surface area contributed by atoms with Crippen LogP contribution in [0.5, 0.6) is 0 Å². The van der Waals surface area contributed by atoms with Gasteiger partial charge in [0.15, 0.2) is 0 Å². The molecule has 1 amide bonds. The van der Waals surface area contributed by atoms with E-state index in [4.69, 9.17) is 0 Å². The van der Waals surface area contributed by atoms with E-state index in [-0.39, 0.29) is 23.4 Å². The number of carbonyl (C=O) groups excluding carboxylic acids is 1. The van der Waals surface area contributed by atoms with Gasteiger partial charge in [0.25, 0.3) is 0 Å². The molecule has 1 atom stereocenters. The number of likely N-dealkylation sites (N-methyl/N-ethyl adjacent to an activating group) is 1. The van der Waals surface area contributed by atoms with Gasteiger partial charge in [-0.1, -0.05) is 6.92 Å². The Morgan fingerprint density at radius 2 is 2.00 bits per heavy atom. The lowest BCUT2D eigenvalue weighted by atomic mass is 10.1. The Hall–Kier alpha value is -1.74. The van der Waals surface area contributed by atoms with Gasteiger partial charge in [0, 0.05) is 24.7 Å². The maximum absolute atomic E-state index is 12.7. The Bertz CT molecular complexity index is 847. The second kappa shape index (κ2) is 8.77. The SMILES string of the molecule is CCC(=O)Nc1ccc(S(=O)(=O)NCC(c2ccsc2)N(C)C)c(C)c1. The molecule has 0 fully saturated rings. The molecule has 26 heavy (non-hydrogen) atoms. The molecule has 0 saturated carbocycles. The van der Waals surface area contributed by atoms with Gasteiger partial charge in [0.05, 0.1) is 4.90 Å². The largest absolute Gasteiger partial charge is 0.326 e. The molecule has 2 rings (SSSR count). The molecule has 0 bridgehead atoms. The van der Waals surface area contributed by atoms with E-state index < -0.39 is 10.0 Å². The second-order valence-corrected chi connectivity index (χ2v) is 8.79. The minimum absolute atomic E-state index is 0.0422. The number of nitrogens with zero attached hydrogens (tertiary/aromatic N) is 1. The molecule has 1 unspecified atom stereocenters. The van der Waals surface area contributed by atoms with E-state index in [1.807, 2.05) is 35.8 Å². The number of rotatable bonds is 8. The lowest BCUT2D eigenvalue weighted by molar-refractivity contribution is -0.115. The van der Waals surface area contributed by atoms with Crippen LogP contribution >= 0.6 is 11.3 Å². The van der Waals surface area contributed by atoms with E-state index in [1.54, 1.807) is 37.3 Å². The third kappa shape index (κ3) is 5.14. The summed E-state index contributed by atoms with van der Waals surface area (Å²) in [5.41, 5.74) is 2.26. The van der Waals surface area contributed by atoms with Gasteiger partial charge in [-0.15, -0.1) is 0 Å². The topological polar surface area (TPSA) is 78.5 Å². The molecule has 1 aromatic carbocycles. The van der Waals surface area contributed by atoms with Crippen LogP contribution in [0.2, 0.25) is 0 Å². The van der Waals surface area contributed by atoms with Crippen molar-refractivity contribution in [3.05, 3.63) is 46.2 Å². The summed E-state index contributed by atoms with van der Waals surface area (Å²) < 4.78 is 28.2. The molecule has 0 spiro atoms. The zero-order chi connectivity index (χ0) is 19.3. The van der Waals surface area contributed by atoms with Crippen molar-refractivity contribution < 1.29 is 13.2 Å². The van der Waals surface area contributed by atoms with Gasteiger partial charge in [-0.25, -0.2) is 13.1 Å². The minimum atomic E-state index is -3.65. The van der Waals surface area contributed by atoms with Gasteiger partial charge in [-0.3, -0.25) is 4.79 Å². The molecule has 0 aliphatic heterocycles. The Kier molecular flexibility index (Phi) is 6.94. The Labute approximate surface area is 159 Å². The van der Waals surface area contributed by atoms with Crippen molar-refractivity contribution in [2.45, 2.75) is 31.2 Å². The predicted molar refractivity (Wildman–Crippen MR) is 106 cm³/mol. The molecular formula is C18H25N3O3S2. The zero-order valence-corrected chi connectivity index (χ0v) is 17.1. The summed E-state index contributed by atoms with van der Waals surface area (Å²) in [5.74, 6) is -0.109. The molecule has 142 valence electrons. The monoisotopic (exact) mass is 395 g/mol. The van der Waals surface area contributed by atoms with Crippen LogP contribution in [-0.4, -0.2) is 39.9 Å². The third-order valence-electron chi connectivity index (χ3n) is 4.09. The van der Waals surface area contributed by atoms with Crippen LogP contribution in [0, 0.1) is 6.92 Å². The van der Waals surface area contributed by atoms with Crippen LogP contribution in [0.4, 0.5) is 5.69 Å². The van der Waals surface area contributed by atoms with E-state index >= 15 is 0 Å². The van der Waals surface area contributed by atoms with Gasteiger partial charge in [0.1, 0.15) is 0 Å². The molecule has 0 saturated heterocycles. The van der Waals surface area contributed by atoms with Gasteiger partial charge in [0.2, 0.25) is 15.9 Å². The highest BCUT2D eigenvalue weighted by molar-refractivity contribution is 7.89. The molecule has 0 aliphatic rings. The van der Waals surface area contributed by atoms with E-state index in [0.717, 1.165) is 5.56 Å². The number of thiophene rings is 1. The van der Waals surface area contributed by atoms with Crippen LogP contribution in [-0.2, 0) is 14.8 Å². The van der Waals surface area contributed by atoms with Gasteiger partial charge < -0.3 is 10.2 Å². The van der Waals surface area contributed by atoms with Gasteiger partial charge in [-0.05, 0) is 67.2 Å². The summed E-state index contributed by atoms with van der Waals surface area (Å²) in [6, 6.07) is 6.76. The molecule has 0 aliphatic carbocycles. The summed E-state index contributed by atoms with van der Waals surface area (Å²) in [6.07, 6.45) is 0.370. The lowest BCUT2D eigenvalue weighted by Crippen LogP contribution is -2.34. The van der Waals surface area contributed by atoms with Crippen molar-refractivity contribution in [2.24, 2.45) is 0 Å². The van der Waals surface area contributed by atoms with E-state index in [0.29, 0.717) is 17.7 Å². The average Bonchev–Trinajstić information content (AvgIpc) is 3.08. The fourth-order valence-corrected chi connectivity index (χ4v) is 4.58. The van der Waals surface area contributed by atoms with Crippen molar-refractivity contribution >= 4 is 33.0 Å². The number of aryl methyl sites for hydroxylation is 1. The Balaban J connectivity index is 2.15. The number of carbonyl (C=O) groups is 1. The fraction of sp³-hybridized carbons (Fsp3) is 0.389. The molecule has 2 N–H and O–H groups in total. The number of nitrogens with one attached hydrogen (secondary N) is 2. The van der Waals surface area contributed by atoms with Crippen molar-refractivity contribution in [2.75, 3.05) is 26.0 Å². The van der Waals surface area contributed by atoms with Crippen LogP contribution < -0.4 is 10.0 Å². The normalized spacial score (nSPS) is 13.0. The molecule has 2 aromatic rings. The highest BCUT2D eigenvalue weighted by Crippen LogP contribution is 2.23. The Morgan fingerprint density at radius 1 is 1.27 bits per heavy atom. The average molecular weight is 396 g/mol. The third-order valence-corrected chi connectivity index (χ3v) is 6.37. The second-order valence-electron chi connectivity index (χ2n) is 6.27. The fourth-order valence-electron chi connectivity index (χ4n) is 2.61. The van der Waals surface area contributed by atoms with Gasteiger partial charge >= 0.3 is 0 Å².